The average Bonchev–Trinajstić information content (AvgIpc) is 2.78. The molecule has 0 heterocycles. The van der Waals surface area contributed by atoms with Crippen molar-refractivity contribution >= 4 is 34.8 Å². The number of carbonyl (C=O) groups excluding carboxylic acids is 4. The number of aromatic hydroxyl groups is 1. The standard InChI is InChI=1S/C23H27N3O9/c24-21(34)22-7-11-5-10-1-2-13(26-15(30)9-25-3-4-27)18(31)16(10)19(32)17(11)20(33)23(22,35)14(29)6-12(28)8-22/h1-2,11-12,25,27-28,31-32,35H,3-9H2,(H2,24,34)(H,26,30). The minimum Gasteiger partial charge on any atom is -0.507 e. The van der Waals surface area contributed by atoms with Gasteiger partial charge in [-0.05, 0) is 36.8 Å². The first-order chi connectivity index (χ1) is 16.5. The molecule has 0 spiro atoms. The molecule has 1 aromatic rings. The number of phenolic OH excluding ortho intramolecular Hbond substituents is 1. The molecule has 9 N–H and O–H groups in total. The van der Waals surface area contributed by atoms with E-state index in [0.29, 0.717) is 5.56 Å². The third-order valence-electron chi connectivity index (χ3n) is 7.22. The smallest absolute Gasteiger partial charge is 0.238 e. The first kappa shape index (κ1) is 24.8. The zero-order chi connectivity index (χ0) is 25.7. The number of nitrogens with two attached hydrogens (primary N) is 1. The number of hydrogen-bond donors (Lipinski definition) is 8. The Bertz CT molecular complexity index is 1160. The molecule has 0 bridgehead atoms. The molecule has 0 aliphatic heterocycles. The number of Topliss-reactive ketones (excluding diaryl/α,β-unsaturated/α-hetero) is 2. The van der Waals surface area contributed by atoms with Crippen molar-refractivity contribution in [3.8, 4) is 5.75 Å². The van der Waals surface area contributed by atoms with Crippen molar-refractivity contribution in [2.24, 2.45) is 17.1 Å². The highest BCUT2D eigenvalue weighted by Gasteiger charge is 2.70. The number of primary amides is 1. The molecule has 2 fully saturated rings. The summed E-state index contributed by atoms with van der Waals surface area (Å²) in [5.74, 6) is -5.88. The van der Waals surface area contributed by atoms with Crippen molar-refractivity contribution in [2.45, 2.75) is 37.4 Å². The fourth-order valence-electron chi connectivity index (χ4n) is 5.63. The Balaban J connectivity index is 1.77. The number of hydrogen-bond acceptors (Lipinski definition) is 10. The van der Waals surface area contributed by atoms with Crippen LogP contribution in [0.3, 0.4) is 0 Å². The quantitative estimate of drug-likeness (QED) is 0.128. The van der Waals surface area contributed by atoms with Crippen molar-refractivity contribution in [1.29, 1.82) is 0 Å². The molecule has 3 aliphatic carbocycles. The van der Waals surface area contributed by atoms with E-state index < -0.39 is 64.3 Å². The Hall–Kier alpha value is -3.32. The van der Waals surface area contributed by atoms with Gasteiger partial charge in [0.2, 0.25) is 17.6 Å². The topological polar surface area (TPSA) is 220 Å². The monoisotopic (exact) mass is 489 g/mol. The van der Waals surface area contributed by atoms with E-state index in [0.717, 1.165) is 0 Å². The summed E-state index contributed by atoms with van der Waals surface area (Å²) in [5, 5.41) is 57.3. The van der Waals surface area contributed by atoms with Gasteiger partial charge in [-0.2, -0.15) is 0 Å². The van der Waals surface area contributed by atoms with Crippen LogP contribution in [0.5, 0.6) is 5.75 Å². The molecule has 4 rings (SSSR count). The Morgan fingerprint density at radius 3 is 2.51 bits per heavy atom. The van der Waals surface area contributed by atoms with Crippen molar-refractivity contribution in [3.05, 3.63) is 28.8 Å². The van der Waals surface area contributed by atoms with Crippen LogP contribution in [-0.2, 0) is 25.6 Å². The number of carbonyl (C=O) groups is 4. The van der Waals surface area contributed by atoms with Gasteiger partial charge in [-0.3, -0.25) is 19.2 Å². The zero-order valence-electron chi connectivity index (χ0n) is 18.7. The van der Waals surface area contributed by atoms with Crippen molar-refractivity contribution in [2.75, 3.05) is 25.0 Å². The predicted octanol–water partition coefficient (Wildman–Crippen LogP) is -1.75. The van der Waals surface area contributed by atoms with Gasteiger partial charge in [0, 0.05) is 18.5 Å². The second-order valence-electron chi connectivity index (χ2n) is 9.28. The minimum atomic E-state index is -2.85. The number of benzene rings is 1. The van der Waals surface area contributed by atoms with Crippen LogP contribution in [-0.4, -0.2) is 80.3 Å². The maximum absolute atomic E-state index is 13.5. The highest BCUT2D eigenvalue weighted by atomic mass is 16.3. The first-order valence-electron chi connectivity index (χ1n) is 11.2. The fraction of sp³-hybridized carbons (Fsp3) is 0.478. The van der Waals surface area contributed by atoms with Crippen molar-refractivity contribution in [1.82, 2.24) is 5.32 Å². The molecular formula is C23H27N3O9. The lowest BCUT2D eigenvalue weighted by molar-refractivity contribution is -0.188. The van der Waals surface area contributed by atoms with Gasteiger partial charge >= 0.3 is 0 Å². The Morgan fingerprint density at radius 2 is 1.86 bits per heavy atom. The molecule has 2 amide bonds. The molecule has 2 saturated carbocycles. The van der Waals surface area contributed by atoms with E-state index in [1.165, 1.54) is 12.1 Å². The van der Waals surface area contributed by atoms with Crippen molar-refractivity contribution < 1.29 is 44.7 Å². The molecule has 0 saturated heterocycles. The summed E-state index contributed by atoms with van der Waals surface area (Å²) >= 11 is 0. The van der Waals surface area contributed by atoms with Crippen LogP contribution in [0.1, 0.15) is 30.4 Å². The largest absolute Gasteiger partial charge is 0.507 e. The van der Waals surface area contributed by atoms with Crippen LogP contribution in [0.25, 0.3) is 5.76 Å². The van der Waals surface area contributed by atoms with Gasteiger partial charge in [-0.1, -0.05) is 6.07 Å². The Labute approximate surface area is 199 Å². The lowest BCUT2D eigenvalue weighted by Gasteiger charge is -2.53. The van der Waals surface area contributed by atoms with E-state index in [-0.39, 0.29) is 55.8 Å². The van der Waals surface area contributed by atoms with E-state index in [4.69, 9.17) is 10.8 Å². The van der Waals surface area contributed by atoms with Gasteiger partial charge in [0.25, 0.3) is 0 Å². The number of anilines is 1. The third-order valence-corrected chi connectivity index (χ3v) is 7.22. The SMILES string of the molecule is NC(=O)C12CC(O)CC(=O)C1(O)C(=O)C1=C(O)c3c(ccc(NC(=O)CNCCO)c3O)CC1C2. The van der Waals surface area contributed by atoms with Crippen LogP contribution in [0.2, 0.25) is 0 Å². The molecule has 3 aliphatic rings. The lowest BCUT2D eigenvalue weighted by atomic mass is 9.50. The highest BCUT2D eigenvalue weighted by molar-refractivity contribution is 6.24. The highest BCUT2D eigenvalue weighted by Crippen LogP contribution is 2.57. The van der Waals surface area contributed by atoms with Gasteiger partial charge in [0.05, 0.1) is 35.9 Å². The molecule has 0 radical (unpaired) electrons. The second kappa shape index (κ2) is 8.72. The summed E-state index contributed by atoms with van der Waals surface area (Å²) in [5.41, 5.74) is 0.598. The molecule has 4 unspecified atom stereocenters. The van der Waals surface area contributed by atoms with E-state index >= 15 is 0 Å². The number of fused-ring (bicyclic) bond motifs is 3. The minimum absolute atomic E-state index is 0.0459. The molecule has 35 heavy (non-hydrogen) atoms. The van der Waals surface area contributed by atoms with Crippen LogP contribution in [0.15, 0.2) is 17.7 Å². The van der Waals surface area contributed by atoms with Crippen LogP contribution in [0.4, 0.5) is 5.69 Å². The summed E-state index contributed by atoms with van der Waals surface area (Å²) in [4.78, 5) is 50.9. The molecule has 12 nitrogen and oxygen atoms in total. The molecule has 4 atom stereocenters. The predicted molar refractivity (Wildman–Crippen MR) is 120 cm³/mol. The maximum Gasteiger partial charge on any atom is 0.238 e. The van der Waals surface area contributed by atoms with Crippen LogP contribution < -0.4 is 16.4 Å². The van der Waals surface area contributed by atoms with Gasteiger partial charge in [-0.25, -0.2) is 0 Å². The van der Waals surface area contributed by atoms with Gasteiger partial charge in [0.1, 0.15) is 11.5 Å². The summed E-state index contributed by atoms with van der Waals surface area (Å²) < 4.78 is 0. The van der Waals surface area contributed by atoms with Gasteiger partial charge < -0.3 is 41.9 Å². The number of rotatable bonds is 6. The van der Waals surface area contributed by atoms with Crippen molar-refractivity contribution in [3.63, 3.8) is 0 Å². The number of amides is 2. The van der Waals surface area contributed by atoms with Crippen LogP contribution in [0, 0.1) is 11.3 Å². The average molecular weight is 489 g/mol. The zero-order valence-corrected chi connectivity index (χ0v) is 18.7. The number of aliphatic hydroxyl groups excluding tert-OH is 3. The second-order valence-corrected chi connectivity index (χ2v) is 9.28. The molecule has 0 aromatic heterocycles. The van der Waals surface area contributed by atoms with E-state index in [1.807, 2.05) is 0 Å². The number of nitrogens with one attached hydrogen (secondary N) is 2. The summed E-state index contributed by atoms with van der Waals surface area (Å²) in [6.45, 7) is -0.134. The van der Waals surface area contributed by atoms with E-state index in [9.17, 15) is 39.6 Å². The van der Waals surface area contributed by atoms with Gasteiger partial charge in [0.15, 0.2) is 11.4 Å². The number of aliphatic hydroxyl groups is 4. The van der Waals surface area contributed by atoms with E-state index in [2.05, 4.69) is 10.6 Å². The fourth-order valence-corrected chi connectivity index (χ4v) is 5.63. The summed E-state index contributed by atoms with van der Waals surface area (Å²) in [7, 11) is 0. The maximum atomic E-state index is 13.5. The summed E-state index contributed by atoms with van der Waals surface area (Å²) in [6.07, 6.45) is -2.40. The lowest BCUT2D eigenvalue weighted by Crippen LogP contribution is -2.71. The Morgan fingerprint density at radius 1 is 1.14 bits per heavy atom. The molecular weight excluding hydrogens is 462 g/mol. The third kappa shape index (κ3) is 3.60. The van der Waals surface area contributed by atoms with Crippen LogP contribution >= 0.6 is 0 Å². The first-order valence-corrected chi connectivity index (χ1v) is 11.2. The number of ketones is 2. The van der Waals surface area contributed by atoms with Gasteiger partial charge in [-0.15, -0.1) is 0 Å². The summed E-state index contributed by atoms with van der Waals surface area (Å²) in [6, 6.07) is 2.94. The molecule has 188 valence electrons. The number of phenols is 1. The normalized spacial score (nSPS) is 29.8. The molecule has 12 heteroatoms. The van der Waals surface area contributed by atoms with E-state index in [1.54, 1.807) is 0 Å². The molecule has 1 aromatic carbocycles. The Kier molecular flexibility index (Phi) is 6.18.